The number of piperazine rings is 1. The highest BCUT2D eigenvalue weighted by Crippen LogP contribution is 2.57. The first-order chi connectivity index (χ1) is 21.1. The molecule has 3 aliphatic rings. The van der Waals surface area contributed by atoms with Crippen molar-refractivity contribution in [2.24, 2.45) is 0 Å². The molecule has 3 N–H and O–H groups in total. The van der Waals surface area contributed by atoms with Gasteiger partial charge in [0.2, 0.25) is 0 Å². The van der Waals surface area contributed by atoms with E-state index in [2.05, 4.69) is 21.2 Å². The maximum absolute atomic E-state index is 13.1. The summed E-state index contributed by atoms with van der Waals surface area (Å²) in [4.78, 5) is 17.4. The molecular formula is C33H38N4O7. The van der Waals surface area contributed by atoms with Gasteiger partial charge in [-0.05, 0) is 69.5 Å². The molecule has 1 fully saturated rings. The second-order valence-electron chi connectivity index (χ2n) is 11.8. The number of carbonyl (C=O) groups is 1. The fraction of sp³-hybridized carbons (Fsp3) is 0.455. The molecule has 1 amide bonds. The summed E-state index contributed by atoms with van der Waals surface area (Å²) in [6.45, 7) is 5.88. The monoisotopic (exact) mass is 602 g/mol. The van der Waals surface area contributed by atoms with E-state index in [1.807, 2.05) is 27.8 Å². The van der Waals surface area contributed by atoms with Crippen LogP contribution in [0.2, 0.25) is 0 Å². The van der Waals surface area contributed by atoms with E-state index in [0.717, 1.165) is 27.8 Å². The van der Waals surface area contributed by atoms with Crippen LogP contribution in [0.3, 0.4) is 0 Å². The van der Waals surface area contributed by atoms with Crippen molar-refractivity contribution in [1.29, 1.82) is 5.26 Å². The van der Waals surface area contributed by atoms with Crippen LogP contribution < -0.4 is 19.5 Å². The number of nitrogens with zero attached hydrogens (tertiary/aromatic N) is 3. The van der Waals surface area contributed by atoms with E-state index in [9.17, 15) is 20.3 Å². The molecule has 232 valence electrons. The summed E-state index contributed by atoms with van der Waals surface area (Å²) in [5.74, 6) is 1.10. The van der Waals surface area contributed by atoms with E-state index in [1.165, 1.54) is 13.4 Å². The van der Waals surface area contributed by atoms with Gasteiger partial charge in [0.05, 0.1) is 45.7 Å². The van der Waals surface area contributed by atoms with Crippen LogP contribution in [-0.4, -0.2) is 79.0 Å². The Bertz CT molecular complexity index is 1680. The summed E-state index contributed by atoms with van der Waals surface area (Å²) in [5.41, 5.74) is 5.69. The number of rotatable bonds is 6. The number of phenols is 2. The van der Waals surface area contributed by atoms with Crippen LogP contribution in [0.5, 0.6) is 28.7 Å². The van der Waals surface area contributed by atoms with Crippen molar-refractivity contribution in [3.8, 4) is 34.8 Å². The predicted molar refractivity (Wildman–Crippen MR) is 161 cm³/mol. The minimum Gasteiger partial charge on any atom is -0.504 e. The second-order valence-corrected chi connectivity index (χ2v) is 11.8. The van der Waals surface area contributed by atoms with Crippen LogP contribution in [0.25, 0.3) is 0 Å². The molecule has 1 saturated heterocycles. The average Bonchev–Trinajstić information content (AvgIpc) is 3.55. The molecule has 3 aliphatic heterocycles. The molecule has 44 heavy (non-hydrogen) atoms. The van der Waals surface area contributed by atoms with Crippen LogP contribution in [0, 0.1) is 32.1 Å². The first-order valence-corrected chi connectivity index (χ1v) is 14.7. The Morgan fingerprint density at radius 3 is 2.23 bits per heavy atom. The number of fused-ring (bicyclic) bond motifs is 7. The van der Waals surface area contributed by atoms with Crippen molar-refractivity contribution in [1.82, 2.24) is 15.1 Å². The zero-order valence-corrected chi connectivity index (χ0v) is 26.0. The lowest BCUT2D eigenvalue weighted by atomic mass is 9.70. The molecule has 0 spiro atoms. The minimum absolute atomic E-state index is 0.0475. The number of benzene rings is 2. The van der Waals surface area contributed by atoms with Gasteiger partial charge in [0.15, 0.2) is 28.8 Å². The van der Waals surface area contributed by atoms with Crippen LogP contribution >= 0.6 is 0 Å². The molecule has 2 aromatic carbocycles. The van der Waals surface area contributed by atoms with Crippen LogP contribution in [0.4, 0.5) is 0 Å². The molecule has 6 rings (SSSR count). The maximum Gasteiger partial charge on any atom is 0.287 e. The Kier molecular flexibility index (Phi) is 7.38. The van der Waals surface area contributed by atoms with Crippen molar-refractivity contribution in [2.75, 3.05) is 34.9 Å². The summed E-state index contributed by atoms with van der Waals surface area (Å²) in [7, 11) is 6.63. The number of carbonyl (C=O) groups excluding carboxylic acids is 1. The van der Waals surface area contributed by atoms with Crippen molar-refractivity contribution >= 4 is 5.91 Å². The number of furan rings is 1. The van der Waals surface area contributed by atoms with E-state index < -0.39 is 18.0 Å². The SMILES string of the molecule is COc1c(C)c(C)c2c(c1O)[C@@H]1[C@@H]3Cc4c(OC)c(C)c(OC)c(O)c4[C@H](CNC(=O)c4ccco4)N3[C@@H](C#N)[C@H](C2)N1C. The smallest absolute Gasteiger partial charge is 0.287 e. The van der Waals surface area contributed by atoms with Gasteiger partial charge >= 0.3 is 0 Å². The summed E-state index contributed by atoms with van der Waals surface area (Å²) in [6.07, 6.45) is 2.38. The lowest BCUT2D eigenvalue weighted by molar-refractivity contribution is -0.0723. The van der Waals surface area contributed by atoms with Gasteiger partial charge in [-0.3, -0.25) is 14.6 Å². The number of methoxy groups -OCH3 is 3. The van der Waals surface area contributed by atoms with Gasteiger partial charge in [-0.2, -0.15) is 5.26 Å². The predicted octanol–water partition coefficient (Wildman–Crippen LogP) is 3.84. The normalized spacial score (nSPS) is 24.0. The molecule has 0 saturated carbocycles. The number of hydrogen-bond donors (Lipinski definition) is 3. The van der Waals surface area contributed by atoms with Crippen LogP contribution in [-0.2, 0) is 12.8 Å². The summed E-state index contributed by atoms with van der Waals surface area (Å²) in [5, 5.41) is 37.2. The third kappa shape index (κ3) is 4.04. The Labute approximate surface area is 256 Å². The second kappa shape index (κ2) is 10.9. The Hall–Kier alpha value is -4.40. The first-order valence-electron chi connectivity index (χ1n) is 14.7. The van der Waals surface area contributed by atoms with Gasteiger partial charge in [-0.1, -0.05) is 0 Å². The zero-order valence-electron chi connectivity index (χ0n) is 26.0. The number of likely N-dealkylation sites (N-methyl/N-ethyl adjacent to an activating group) is 1. The third-order valence-corrected chi connectivity index (χ3v) is 10.1. The van der Waals surface area contributed by atoms with Crippen LogP contribution in [0.1, 0.15) is 61.6 Å². The Morgan fingerprint density at radius 1 is 0.977 bits per heavy atom. The molecule has 5 atom stereocenters. The van der Waals surface area contributed by atoms with Crippen LogP contribution in [0.15, 0.2) is 22.8 Å². The Balaban J connectivity index is 1.59. The van der Waals surface area contributed by atoms with E-state index in [4.69, 9.17) is 18.6 Å². The first kappa shape index (κ1) is 29.7. The molecule has 1 aromatic heterocycles. The number of phenolic OH excluding ortho intramolecular Hbond substituents is 2. The molecule has 0 radical (unpaired) electrons. The van der Waals surface area contributed by atoms with Crippen molar-refractivity contribution in [3.63, 3.8) is 0 Å². The molecule has 3 aromatic rings. The van der Waals surface area contributed by atoms with E-state index in [0.29, 0.717) is 35.5 Å². The average molecular weight is 603 g/mol. The van der Waals surface area contributed by atoms with E-state index in [1.54, 1.807) is 26.4 Å². The van der Waals surface area contributed by atoms with Gasteiger partial charge in [-0.15, -0.1) is 0 Å². The minimum atomic E-state index is -0.633. The number of nitrogens with one attached hydrogen (secondary N) is 1. The van der Waals surface area contributed by atoms with Gasteiger partial charge < -0.3 is 34.2 Å². The molecule has 2 bridgehead atoms. The molecular weight excluding hydrogens is 564 g/mol. The molecule has 11 heteroatoms. The highest BCUT2D eigenvalue weighted by molar-refractivity contribution is 5.91. The fourth-order valence-corrected chi connectivity index (χ4v) is 8.03. The van der Waals surface area contributed by atoms with Gasteiger partial charge in [0, 0.05) is 40.9 Å². The number of amides is 1. The maximum atomic E-state index is 13.1. The standard InChI is InChI=1S/C33H38N4O7/c1-15-16(2)31(42-6)29(39)26-18(15)11-20-22(13-34)37-21(27(26)36(20)4)12-19-25(28(38)32(43-7)17(3)30(19)41-5)23(37)14-35-33(40)24-9-8-10-44-24/h8-10,20-23,27,38-39H,11-12,14H2,1-7H3,(H,35,40)/t20-,21-,22-,23-,27-/m0/s1. The van der Waals surface area contributed by atoms with Gasteiger partial charge in [0.25, 0.3) is 5.91 Å². The topological polar surface area (TPSA) is 141 Å². The highest BCUT2D eigenvalue weighted by atomic mass is 16.5. The number of aromatic hydroxyl groups is 2. The van der Waals surface area contributed by atoms with Crippen molar-refractivity contribution < 1.29 is 33.6 Å². The Morgan fingerprint density at radius 2 is 1.61 bits per heavy atom. The summed E-state index contributed by atoms with van der Waals surface area (Å²) in [6, 6.07) is 3.68. The molecule has 4 heterocycles. The van der Waals surface area contributed by atoms with Crippen molar-refractivity contribution in [3.05, 3.63) is 63.1 Å². The zero-order chi connectivity index (χ0) is 31.6. The van der Waals surface area contributed by atoms with Gasteiger partial charge in [0.1, 0.15) is 11.8 Å². The number of ether oxygens (including phenoxy) is 3. The lowest BCUT2D eigenvalue weighted by Gasteiger charge is -2.60. The molecule has 0 unspecified atom stereocenters. The summed E-state index contributed by atoms with van der Waals surface area (Å²) >= 11 is 0. The molecule has 0 aliphatic carbocycles. The lowest BCUT2D eigenvalue weighted by Crippen LogP contribution is -2.68. The number of nitriles is 1. The quantitative estimate of drug-likeness (QED) is 0.381. The van der Waals surface area contributed by atoms with E-state index >= 15 is 0 Å². The molecule has 11 nitrogen and oxygen atoms in total. The number of hydrogen-bond acceptors (Lipinski definition) is 10. The van der Waals surface area contributed by atoms with Crippen molar-refractivity contribution in [2.45, 2.75) is 63.8 Å². The highest BCUT2D eigenvalue weighted by Gasteiger charge is 2.56. The van der Waals surface area contributed by atoms with Gasteiger partial charge in [-0.25, -0.2) is 0 Å². The fourth-order valence-electron chi connectivity index (χ4n) is 8.03. The largest absolute Gasteiger partial charge is 0.504 e. The third-order valence-electron chi connectivity index (χ3n) is 10.1. The van der Waals surface area contributed by atoms with E-state index in [-0.39, 0.29) is 47.7 Å². The summed E-state index contributed by atoms with van der Waals surface area (Å²) < 4.78 is 22.6.